The van der Waals surface area contributed by atoms with E-state index in [0.717, 1.165) is 38.2 Å². The van der Waals surface area contributed by atoms with Gasteiger partial charge >= 0.3 is 0 Å². The zero-order chi connectivity index (χ0) is 19.8. The van der Waals surface area contributed by atoms with Crippen LogP contribution in [-0.4, -0.2) is 58.7 Å². The van der Waals surface area contributed by atoms with Crippen molar-refractivity contribution in [2.75, 3.05) is 26.2 Å². The summed E-state index contributed by atoms with van der Waals surface area (Å²) in [7, 11) is 0. The van der Waals surface area contributed by atoms with Crippen LogP contribution in [0.2, 0.25) is 0 Å². The molecule has 29 heavy (non-hydrogen) atoms. The van der Waals surface area contributed by atoms with Crippen LogP contribution >= 0.6 is 0 Å². The minimum absolute atomic E-state index is 0.0915. The molecule has 0 bridgehead atoms. The number of likely N-dealkylation sites (tertiary alicyclic amines) is 1. The second kappa shape index (κ2) is 7.64. The van der Waals surface area contributed by atoms with Gasteiger partial charge in [-0.05, 0) is 29.5 Å². The van der Waals surface area contributed by atoms with E-state index >= 15 is 0 Å². The van der Waals surface area contributed by atoms with Crippen LogP contribution in [0.25, 0.3) is 0 Å². The molecule has 5 nitrogen and oxygen atoms in total. The van der Waals surface area contributed by atoms with Crippen LogP contribution in [0.5, 0.6) is 0 Å². The third-order valence-corrected chi connectivity index (χ3v) is 6.69. The molecule has 2 saturated heterocycles. The predicted molar refractivity (Wildman–Crippen MR) is 111 cm³/mol. The van der Waals surface area contributed by atoms with Crippen molar-refractivity contribution in [1.29, 1.82) is 0 Å². The molecule has 5 rings (SSSR count). The maximum absolute atomic E-state index is 13.4. The lowest BCUT2D eigenvalue weighted by Gasteiger charge is -2.45. The molecule has 2 fully saturated rings. The number of carbonyl (C=O) groups excluding carboxylic acids is 2. The van der Waals surface area contributed by atoms with E-state index in [0.29, 0.717) is 19.4 Å². The topological polar surface area (TPSA) is 43.9 Å². The highest BCUT2D eigenvalue weighted by Crippen LogP contribution is 2.33. The van der Waals surface area contributed by atoms with Gasteiger partial charge in [0, 0.05) is 39.1 Å². The van der Waals surface area contributed by atoms with Crippen molar-refractivity contribution in [1.82, 2.24) is 14.7 Å². The summed E-state index contributed by atoms with van der Waals surface area (Å²) in [6.07, 6.45) is 2.18. The Morgan fingerprint density at radius 3 is 2.59 bits per heavy atom. The van der Waals surface area contributed by atoms with Gasteiger partial charge in [0.25, 0.3) is 0 Å². The molecule has 0 radical (unpaired) electrons. The van der Waals surface area contributed by atoms with Gasteiger partial charge in [-0.15, -0.1) is 0 Å². The maximum Gasteiger partial charge on any atom is 0.245 e. The normalized spacial score (nSPS) is 24.3. The summed E-state index contributed by atoms with van der Waals surface area (Å²) in [5.74, 6) is 0.211. The average molecular weight is 389 g/mol. The fourth-order valence-corrected chi connectivity index (χ4v) is 5.11. The zero-order valence-electron chi connectivity index (χ0n) is 16.7. The van der Waals surface area contributed by atoms with E-state index in [1.165, 1.54) is 11.1 Å². The fraction of sp³-hybridized carbons (Fsp3) is 0.417. The van der Waals surface area contributed by atoms with Gasteiger partial charge in [-0.1, -0.05) is 54.6 Å². The number of benzene rings is 2. The molecule has 3 aliphatic rings. The lowest BCUT2D eigenvalue weighted by atomic mass is 9.91. The SMILES string of the molecule is O=C(C1CCC(=O)N1Cc1ccccc1)N1CCN2CCc3ccccc3C2C1. The number of hydrogen-bond donors (Lipinski definition) is 0. The van der Waals surface area contributed by atoms with Gasteiger partial charge in [-0.2, -0.15) is 0 Å². The van der Waals surface area contributed by atoms with E-state index in [9.17, 15) is 9.59 Å². The molecule has 2 unspecified atom stereocenters. The first-order valence-electron chi connectivity index (χ1n) is 10.6. The molecular formula is C24H27N3O2. The summed E-state index contributed by atoms with van der Waals surface area (Å²) in [6, 6.07) is 18.5. The van der Waals surface area contributed by atoms with Crippen LogP contribution in [0.1, 0.15) is 35.6 Å². The number of rotatable bonds is 3. The summed E-state index contributed by atoms with van der Waals surface area (Å²) in [5.41, 5.74) is 3.84. The van der Waals surface area contributed by atoms with Crippen LogP contribution in [0.15, 0.2) is 54.6 Å². The second-order valence-corrected chi connectivity index (χ2v) is 8.35. The lowest BCUT2D eigenvalue weighted by molar-refractivity contribution is -0.144. The Labute approximate surface area is 171 Å². The van der Waals surface area contributed by atoms with Gasteiger partial charge in [-0.25, -0.2) is 0 Å². The van der Waals surface area contributed by atoms with E-state index < -0.39 is 0 Å². The van der Waals surface area contributed by atoms with Gasteiger partial charge in [0.1, 0.15) is 6.04 Å². The third kappa shape index (κ3) is 3.44. The predicted octanol–water partition coefficient (Wildman–Crippen LogP) is 2.62. The molecule has 0 aliphatic carbocycles. The van der Waals surface area contributed by atoms with E-state index in [-0.39, 0.29) is 23.9 Å². The van der Waals surface area contributed by atoms with Crippen molar-refractivity contribution in [2.45, 2.75) is 37.9 Å². The summed E-state index contributed by atoms with van der Waals surface area (Å²) in [5, 5.41) is 0. The van der Waals surface area contributed by atoms with E-state index in [4.69, 9.17) is 0 Å². The van der Waals surface area contributed by atoms with Gasteiger partial charge < -0.3 is 9.80 Å². The standard InChI is InChI=1S/C24H27N3O2/c28-23-11-10-21(27(23)16-18-6-2-1-3-7-18)24(29)26-15-14-25-13-12-19-8-4-5-9-20(19)22(25)17-26/h1-9,21-22H,10-17H2. The van der Waals surface area contributed by atoms with E-state index in [1.54, 1.807) is 4.90 Å². The number of hydrogen-bond acceptors (Lipinski definition) is 3. The maximum atomic E-state index is 13.4. The highest BCUT2D eigenvalue weighted by Gasteiger charge is 2.41. The Hall–Kier alpha value is -2.66. The van der Waals surface area contributed by atoms with Crippen LogP contribution in [0, 0.1) is 0 Å². The molecule has 0 aromatic heterocycles. The first-order chi connectivity index (χ1) is 14.2. The molecule has 0 spiro atoms. The Morgan fingerprint density at radius 2 is 1.72 bits per heavy atom. The molecule has 0 N–H and O–H groups in total. The molecule has 2 aromatic carbocycles. The molecule has 3 heterocycles. The molecule has 2 aromatic rings. The highest BCUT2D eigenvalue weighted by molar-refractivity contribution is 5.91. The fourth-order valence-electron chi connectivity index (χ4n) is 5.11. The van der Waals surface area contributed by atoms with Gasteiger partial charge in [0.05, 0.1) is 6.04 Å². The molecule has 150 valence electrons. The van der Waals surface area contributed by atoms with Crippen molar-refractivity contribution < 1.29 is 9.59 Å². The van der Waals surface area contributed by atoms with Crippen molar-refractivity contribution in [3.8, 4) is 0 Å². The smallest absolute Gasteiger partial charge is 0.245 e. The summed E-state index contributed by atoms with van der Waals surface area (Å²) in [4.78, 5) is 32.3. The quantitative estimate of drug-likeness (QED) is 0.811. The number of piperazine rings is 1. The molecule has 0 saturated carbocycles. The summed E-state index contributed by atoms with van der Waals surface area (Å²) >= 11 is 0. The molecule has 2 amide bonds. The highest BCUT2D eigenvalue weighted by atomic mass is 16.2. The molecule has 2 atom stereocenters. The number of nitrogens with zero attached hydrogens (tertiary/aromatic N) is 3. The largest absolute Gasteiger partial charge is 0.338 e. The van der Waals surface area contributed by atoms with Crippen LogP contribution in [0.4, 0.5) is 0 Å². The number of fused-ring (bicyclic) bond motifs is 3. The van der Waals surface area contributed by atoms with Crippen LogP contribution in [-0.2, 0) is 22.6 Å². The van der Waals surface area contributed by atoms with Gasteiger partial charge in [0.2, 0.25) is 11.8 Å². The molecule has 5 heteroatoms. The van der Waals surface area contributed by atoms with E-state index in [2.05, 4.69) is 29.2 Å². The van der Waals surface area contributed by atoms with E-state index in [1.807, 2.05) is 35.2 Å². The van der Waals surface area contributed by atoms with Crippen molar-refractivity contribution in [3.05, 3.63) is 71.3 Å². The summed E-state index contributed by atoms with van der Waals surface area (Å²) in [6.45, 7) is 3.96. The lowest BCUT2D eigenvalue weighted by Crippen LogP contribution is -2.56. The first-order valence-corrected chi connectivity index (χ1v) is 10.6. The number of carbonyl (C=O) groups is 2. The zero-order valence-corrected chi connectivity index (χ0v) is 16.7. The summed E-state index contributed by atoms with van der Waals surface area (Å²) < 4.78 is 0. The van der Waals surface area contributed by atoms with Crippen molar-refractivity contribution in [3.63, 3.8) is 0 Å². The van der Waals surface area contributed by atoms with Gasteiger partial charge in [-0.3, -0.25) is 14.5 Å². The van der Waals surface area contributed by atoms with Crippen LogP contribution in [0.3, 0.4) is 0 Å². The Kier molecular flexibility index (Phi) is 4.84. The Bertz CT molecular complexity index is 913. The van der Waals surface area contributed by atoms with Crippen LogP contribution < -0.4 is 0 Å². The Morgan fingerprint density at radius 1 is 0.931 bits per heavy atom. The first kappa shape index (κ1) is 18.4. The molecule has 3 aliphatic heterocycles. The van der Waals surface area contributed by atoms with Crippen molar-refractivity contribution >= 4 is 11.8 Å². The third-order valence-electron chi connectivity index (χ3n) is 6.69. The molecular weight excluding hydrogens is 362 g/mol. The van der Waals surface area contributed by atoms with Crippen molar-refractivity contribution in [2.24, 2.45) is 0 Å². The minimum atomic E-state index is -0.326. The average Bonchev–Trinajstić information content (AvgIpc) is 3.13. The number of amides is 2. The minimum Gasteiger partial charge on any atom is -0.338 e. The second-order valence-electron chi connectivity index (χ2n) is 8.35. The monoisotopic (exact) mass is 389 g/mol. The Balaban J connectivity index is 1.33. The van der Waals surface area contributed by atoms with Gasteiger partial charge in [0.15, 0.2) is 0 Å².